The van der Waals surface area contributed by atoms with Gasteiger partial charge in [0.1, 0.15) is 0 Å². The third-order valence-corrected chi connectivity index (χ3v) is 5.36. The van der Waals surface area contributed by atoms with Gasteiger partial charge in [-0.05, 0) is 42.2 Å². The van der Waals surface area contributed by atoms with E-state index in [1.54, 1.807) is 34.1 Å². The lowest BCUT2D eigenvalue weighted by Crippen LogP contribution is -2.48. The molecule has 2 aromatic carbocycles. The van der Waals surface area contributed by atoms with E-state index in [0.717, 1.165) is 36.1 Å². The van der Waals surface area contributed by atoms with Gasteiger partial charge in [0.05, 0.1) is 0 Å². The lowest BCUT2D eigenvalue weighted by atomic mass is 10.0. The molecule has 1 N–H and O–H groups in total. The van der Waals surface area contributed by atoms with Gasteiger partial charge < -0.3 is 15.1 Å². The third-order valence-electron chi connectivity index (χ3n) is 5.36. The first kappa shape index (κ1) is 20.6. The monoisotopic (exact) mass is 393 g/mol. The Morgan fingerprint density at radius 2 is 1.52 bits per heavy atom. The number of hydrogen-bond donors (Lipinski definition) is 1. The summed E-state index contributed by atoms with van der Waals surface area (Å²) in [6.07, 6.45) is 2.47. The van der Waals surface area contributed by atoms with Crippen LogP contribution in [-0.2, 0) is 17.6 Å². The Bertz CT molecular complexity index is 880. The van der Waals surface area contributed by atoms with Crippen LogP contribution in [0, 0.1) is 0 Å². The van der Waals surface area contributed by atoms with Crippen molar-refractivity contribution in [1.29, 1.82) is 0 Å². The maximum atomic E-state index is 12.9. The van der Waals surface area contributed by atoms with Crippen LogP contribution < -0.4 is 5.32 Å². The number of amides is 3. The van der Waals surface area contributed by atoms with E-state index in [4.69, 9.17) is 0 Å². The van der Waals surface area contributed by atoms with Crippen LogP contribution in [0.2, 0.25) is 0 Å². The fourth-order valence-corrected chi connectivity index (χ4v) is 3.60. The molecule has 1 aliphatic rings. The number of piperazine rings is 1. The van der Waals surface area contributed by atoms with Crippen LogP contribution >= 0.6 is 0 Å². The van der Waals surface area contributed by atoms with Crippen molar-refractivity contribution < 1.29 is 14.4 Å². The number of benzene rings is 2. The molecule has 6 nitrogen and oxygen atoms in total. The van der Waals surface area contributed by atoms with Crippen LogP contribution in [0.5, 0.6) is 0 Å². The quantitative estimate of drug-likeness (QED) is 0.767. The molecule has 3 amide bonds. The van der Waals surface area contributed by atoms with Gasteiger partial charge in [-0.15, -0.1) is 0 Å². The van der Waals surface area contributed by atoms with Crippen molar-refractivity contribution in [3.63, 3.8) is 0 Å². The largest absolute Gasteiger partial charge is 0.342 e. The fourth-order valence-electron chi connectivity index (χ4n) is 3.60. The summed E-state index contributed by atoms with van der Waals surface area (Å²) in [5, 5.41) is 3.05. The molecular formula is C23H27N3O3. The Hall–Kier alpha value is -3.15. The maximum Gasteiger partial charge on any atom is 0.255 e. The van der Waals surface area contributed by atoms with E-state index in [9.17, 15) is 14.4 Å². The summed E-state index contributed by atoms with van der Waals surface area (Å²) in [5.74, 6) is -0.338. The smallest absolute Gasteiger partial charge is 0.255 e. The van der Waals surface area contributed by atoms with Crippen molar-refractivity contribution in [2.75, 3.05) is 31.5 Å². The highest BCUT2D eigenvalue weighted by Crippen LogP contribution is 2.23. The van der Waals surface area contributed by atoms with Gasteiger partial charge in [0, 0.05) is 43.0 Å². The second-order valence-electron chi connectivity index (χ2n) is 7.13. The number of aryl methyl sites for hydroxylation is 2. The number of carbonyl (C=O) groups excluding carboxylic acids is 3. The molecule has 6 heteroatoms. The summed E-state index contributed by atoms with van der Waals surface area (Å²) in [4.78, 5) is 39.9. The van der Waals surface area contributed by atoms with E-state index in [1.807, 2.05) is 18.2 Å². The average molecular weight is 393 g/mol. The topological polar surface area (TPSA) is 69.7 Å². The number of carbonyl (C=O) groups is 3. The number of nitrogens with zero attached hydrogens (tertiary/aromatic N) is 2. The van der Waals surface area contributed by atoms with Gasteiger partial charge in [-0.25, -0.2) is 0 Å². The molecule has 1 fully saturated rings. The minimum Gasteiger partial charge on any atom is -0.342 e. The van der Waals surface area contributed by atoms with Gasteiger partial charge in [-0.2, -0.15) is 0 Å². The summed E-state index contributed by atoms with van der Waals surface area (Å²) in [7, 11) is 0. The standard InChI is InChI=1S/C23H27N3O3/c1-3-17-7-5-8-18(4-2)21(17)24-22(28)19-9-6-10-20(15-19)23(29)26-13-11-25(16-27)12-14-26/h5-10,15-16H,3-4,11-14H2,1-2H3,(H,24,28). The molecule has 1 saturated heterocycles. The van der Waals surface area contributed by atoms with Crippen LogP contribution in [0.25, 0.3) is 0 Å². The van der Waals surface area contributed by atoms with E-state index in [-0.39, 0.29) is 11.8 Å². The van der Waals surface area contributed by atoms with Crippen molar-refractivity contribution in [3.8, 4) is 0 Å². The molecule has 0 saturated carbocycles. The Labute approximate surface area is 171 Å². The molecule has 29 heavy (non-hydrogen) atoms. The number of rotatable bonds is 6. The third kappa shape index (κ3) is 4.65. The lowest BCUT2D eigenvalue weighted by Gasteiger charge is -2.32. The Morgan fingerprint density at radius 1 is 0.931 bits per heavy atom. The van der Waals surface area contributed by atoms with Crippen molar-refractivity contribution in [1.82, 2.24) is 9.80 Å². The van der Waals surface area contributed by atoms with Gasteiger partial charge in [0.15, 0.2) is 0 Å². The van der Waals surface area contributed by atoms with Crippen LogP contribution in [0.15, 0.2) is 42.5 Å². The van der Waals surface area contributed by atoms with Gasteiger partial charge in [-0.3, -0.25) is 14.4 Å². The number of para-hydroxylation sites is 1. The molecule has 3 rings (SSSR count). The highest BCUT2D eigenvalue weighted by molar-refractivity contribution is 6.06. The van der Waals surface area contributed by atoms with Crippen LogP contribution in [-0.4, -0.2) is 54.2 Å². The first-order valence-corrected chi connectivity index (χ1v) is 10.1. The highest BCUT2D eigenvalue weighted by atomic mass is 16.2. The van der Waals surface area contributed by atoms with Crippen LogP contribution in [0.1, 0.15) is 45.7 Å². The zero-order chi connectivity index (χ0) is 20.8. The van der Waals surface area contributed by atoms with Crippen molar-refractivity contribution in [3.05, 3.63) is 64.7 Å². The molecule has 0 aliphatic carbocycles. The molecule has 0 spiro atoms. The first-order valence-electron chi connectivity index (χ1n) is 10.1. The van der Waals surface area contributed by atoms with Gasteiger partial charge in [-0.1, -0.05) is 38.1 Å². The van der Waals surface area contributed by atoms with E-state index < -0.39 is 0 Å². The summed E-state index contributed by atoms with van der Waals surface area (Å²) in [6, 6.07) is 12.9. The summed E-state index contributed by atoms with van der Waals surface area (Å²) in [6.45, 7) is 6.18. The predicted octanol–water partition coefficient (Wildman–Crippen LogP) is 2.98. The van der Waals surface area contributed by atoms with Crippen LogP contribution in [0.3, 0.4) is 0 Å². The minimum absolute atomic E-state index is 0.117. The average Bonchev–Trinajstić information content (AvgIpc) is 2.78. The number of hydrogen-bond acceptors (Lipinski definition) is 3. The highest BCUT2D eigenvalue weighted by Gasteiger charge is 2.22. The molecule has 2 aromatic rings. The van der Waals surface area contributed by atoms with Crippen molar-refractivity contribution in [2.24, 2.45) is 0 Å². The van der Waals surface area contributed by atoms with E-state index in [0.29, 0.717) is 37.3 Å². The summed E-state index contributed by atoms with van der Waals surface area (Å²) in [5.41, 5.74) is 3.99. The zero-order valence-electron chi connectivity index (χ0n) is 17.0. The fraction of sp³-hybridized carbons (Fsp3) is 0.348. The molecule has 0 atom stereocenters. The van der Waals surface area contributed by atoms with E-state index in [2.05, 4.69) is 19.2 Å². The molecule has 0 unspecified atom stereocenters. The maximum absolute atomic E-state index is 12.9. The SMILES string of the molecule is CCc1cccc(CC)c1NC(=O)c1cccc(C(=O)N2CCN(C=O)CC2)c1. The predicted molar refractivity (Wildman–Crippen MR) is 113 cm³/mol. The second-order valence-corrected chi connectivity index (χ2v) is 7.13. The van der Waals surface area contributed by atoms with E-state index >= 15 is 0 Å². The number of nitrogens with one attached hydrogen (secondary N) is 1. The Kier molecular flexibility index (Phi) is 6.65. The normalized spacial score (nSPS) is 13.9. The molecule has 0 radical (unpaired) electrons. The van der Waals surface area contributed by atoms with Crippen molar-refractivity contribution in [2.45, 2.75) is 26.7 Å². The molecule has 1 aliphatic heterocycles. The summed E-state index contributed by atoms with van der Waals surface area (Å²) >= 11 is 0. The van der Waals surface area contributed by atoms with E-state index in [1.165, 1.54) is 0 Å². The Morgan fingerprint density at radius 3 is 2.10 bits per heavy atom. The zero-order valence-corrected chi connectivity index (χ0v) is 17.0. The molecule has 152 valence electrons. The lowest BCUT2D eigenvalue weighted by molar-refractivity contribution is -0.119. The molecule has 0 bridgehead atoms. The van der Waals surface area contributed by atoms with Gasteiger partial charge in [0.2, 0.25) is 6.41 Å². The van der Waals surface area contributed by atoms with Gasteiger partial charge in [0.25, 0.3) is 11.8 Å². The second kappa shape index (κ2) is 9.37. The first-order chi connectivity index (χ1) is 14.1. The van der Waals surface area contributed by atoms with Crippen LogP contribution in [0.4, 0.5) is 5.69 Å². The minimum atomic E-state index is -0.221. The van der Waals surface area contributed by atoms with Crippen molar-refractivity contribution >= 4 is 23.9 Å². The Balaban J connectivity index is 1.77. The molecular weight excluding hydrogens is 366 g/mol. The van der Waals surface area contributed by atoms with Gasteiger partial charge >= 0.3 is 0 Å². The molecule has 1 heterocycles. The summed E-state index contributed by atoms with van der Waals surface area (Å²) < 4.78 is 0. The molecule has 0 aromatic heterocycles. The number of anilines is 1.